The van der Waals surface area contributed by atoms with Crippen LogP contribution in [-0.2, 0) is 13.0 Å². The first-order chi connectivity index (χ1) is 9.54. The average Bonchev–Trinajstić information content (AvgIpc) is 2.38. The first-order valence-electron chi connectivity index (χ1n) is 6.17. The summed E-state index contributed by atoms with van der Waals surface area (Å²) in [4.78, 5) is 0. The molecule has 2 aromatic rings. The third-order valence-corrected chi connectivity index (χ3v) is 2.85. The fourth-order valence-corrected chi connectivity index (χ4v) is 1.88. The molecule has 0 aliphatic heterocycles. The lowest BCUT2D eigenvalue weighted by Crippen LogP contribution is -2.16. The summed E-state index contributed by atoms with van der Waals surface area (Å²) < 4.78 is 39.0. The van der Waals surface area contributed by atoms with Crippen LogP contribution in [0.5, 0.6) is 5.75 Å². The molecule has 20 heavy (non-hydrogen) atoms. The van der Waals surface area contributed by atoms with Gasteiger partial charge in [0.05, 0.1) is 0 Å². The van der Waals surface area contributed by atoms with Gasteiger partial charge in [0, 0.05) is 12.6 Å². The Balaban J connectivity index is 1.82. The van der Waals surface area contributed by atoms with Crippen molar-refractivity contribution in [3.63, 3.8) is 0 Å². The number of benzene rings is 2. The third kappa shape index (κ3) is 3.99. The van der Waals surface area contributed by atoms with Crippen molar-refractivity contribution in [2.45, 2.75) is 13.0 Å². The summed E-state index contributed by atoms with van der Waals surface area (Å²) in [6.45, 7) is 0.917. The van der Waals surface area contributed by atoms with Gasteiger partial charge >= 0.3 is 0 Å². The second-order valence-corrected chi connectivity index (χ2v) is 4.49. The van der Waals surface area contributed by atoms with Crippen LogP contribution in [0.1, 0.15) is 11.1 Å². The fourth-order valence-electron chi connectivity index (χ4n) is 1.88. The standard InChI is InChI=1S/C15H14F3NO/c16-12-5-10(6-13(17)8-12)3-4-19-9-11-1-2-15(20)14(18)7-11/h1-2,5-8,19-20H,3-4,9H2. The van der Waals surface area contributed by atoms with Crippen LogP contribution in [0.4, 0.5) is 13.2 Å². The normalized spacial score (nSPS) is 10.8. The monoisotopic (exact) mass is 281 g/mol. The van der Waals surface area contributed by atoms with Crippen molar-refractivity contribution in [3.05, 3.63) is 65.0 Å². The lowest BCUT2D eigenvalue weighted by molar-refractivity contribution is 0.431. The molecule has 0 saturated carbocycles. The van der Waals surface area contributed by atoms with Crippen molar-refractivity contribution in [1.82, 2.24) is 5.32 Å². The minimum absolute atomic E-state index is 0.385. The van der Waals surface area contributed by atoms with E-state index in [1.807, 2.05) is 0 Å². The van der Waals surface area contributed by atoms with Crippen LogP contribution in [0.25, 0.3) is 0 Å². The minimum atomic E-state index is -0.670. The van der Waals surface area contributed by atoms with Gasteiger partial charge < -0.3 is 10.4 Å². The molecule has 0 atom stereocenters. The second kappa shape index (κ2) is 6.43. The van der Waals surface area contributed by atoms with Crippen LogP contribution >= 0.6 is 0 Å². The van der Waals surface area contributed by atoms with Crippen molar-refractivity contribution >= 4 is 0 Å². The Bertz CT molecular complexity index is 581. The van der Waals surface area contributed by atoms with Gasteiger partial charge in [-0.3, -0.25) is 0 Å². The summed E-state index contributed by atoms with van der Waals surface area (Å²) in [5.41, 5.74) is 1.25. The number of rotatable bonds is 5. The van der Waals surface area contributed by atoms with Crippen LogP contribution in [0.3, 0.4) is 0 Å². The molecule has 0 bridgehead atoms. The SMILES string of the molecule is Oc1ccc(CNCCc2cc(F)cc(F)c2)cc1F. The Morgan fingerprint density at radius 2 is 1.60 bits per heavy atom. The molecule has 0 fully saturated rings. The summed E-state index contributed by atoms with van der Waals surface area (Å²) in [6.07, 6.45) is 0.468. The number of hydrogen-bond donors (Lipinski definition) is 2. The van der Waals surface area contributed by atoms with Gasteiger partial charge in [-0.25, -0.2) is 13.2 Å². The predicted octanol–water partition coefficient (Wildman–Crippen LogP) is 3.14. The molecule has 0 spiro atoms. The number of halogens is 3. The predicted molar refractivity (Wildman–Crippen MR) is 69.8 cm³/mol. The van der Waals surface area contributed by atoms with E-state index in [2.05, 4.69) is 5.32 Å². The molecule has 5 heteroatoms. The summed E-state index contributed by atoms with van der Waals surface area (Å²) in [7, 11) is 0. The van der Waals surface area contributed by atoms with Crippen molar-refractivity contribution in [1.29, 1.82) is 0 Å². The molecule has 2 nitrogen and oxygen atoms in total. The van der Waals surface area contributed by atoms with Gasteiger partial charge in [-0.1, -0.05) is 6.07 Å². The minimum Gasteiger partial charge on any atom is -0.505 e. The van der Waals surface area contributed by atoms with Crippen LogP contribution in [0.2, 0.25) is 0 Å². The molecule has 0 aromatic heterocycles. The van der Waals surface area contributed by atoms with Gasteiger partial charge in [0.2, 0.25) is 0 Å². The fraction of sp³-hybridized carbons (Fsp3) is 0.200. The molecule has 0 radical (unpaired) electrons. The molecule has 0 saturated heterocycles. The lowest BCUT2D eigenvalue weighted by Gasteiger charge is -2.06. The van der Waals surface area contributed by atoms with Gasteiger partial charge in [0.1, 0.15) is 11.6 Å². The van der Waals surface area contributed by atoms with E-state index in [-0.39, 0.29) is 5.75 Å². The number of nitrogens with one attached hydrogen (secondary N) is 1. The van der Waals surface area contributed by atoms with Crippen LogP contribution in [0, 0.1) is 17.5 Å². The summed E-state index contributed by atoms with van der Waals surface area (Å²) in [5, 5.41) is 12.1. The number of phenols is 1. The Labute approximate surface area is 114 Å². The van der Waals surface area contributed by atoms with Crippen LogP contribution < -0.4 is 5.32 Å². The highest BCUT2D eigenvalue weighted by molar-refractivity contribution is 5.28. The van der Waals surface area contributed by atoms with Gasteiger partial charge in [0.25, 0.3) is 0 Å². The Hall–Kier alpha value is -2.01. The maximum Gasteiger partial charge on any atom is 0.165 e. The maximum absolute atomic E-state index is 13.1. The Kier molecular flexibility index (Phi) is 4.63. The average molecular weight is 281 g/mol. The molecule has 0 heterocycles. The van der Waals surface area contributed by atoms with E-state index in [1.165, 1.54) is 24.3 Å². The molecule has 0 amide bonds. The summed E-state index contributed by atoms with van der Waals surface area (Å²) in [5.74, 6) is -2.25. The van der Waals surface area contributed by atoms with E-state index < -0.39 is 17.5 Å². The third-order valence-electron chi connectivity index (χ3n) is 2.85. The van der Waals surface area contributed by atoms with Crippen molar-refractivity contribution in [2.24, 2.45) is 0 Å². The molecule has 0 unspecified atom stereocenters. The molecular formula is C15H14F3NO. The topological polar surface area (TPSA) is 32.3 Å². The van der Waals surface area contributed by atoms with E-state index in [4.69, 9.17) is 5.11 Å². The van der Waals surface area contributed by atoms with Crippen LogP contribution in [-0.4, -0.2) is 11.7 Å². The molecule has 2 aromatic carbocycles. The number of aromatic hydroxyl groups is 1. The number of phenolic OH excluding ortho intramolecular Hbond substituents is 1. The zero-order chi connectivity index (χ0) is 14.5. The maximum atomic E-state index is 13.1. The van der Waals surface area contributed by atoms with Crippen molar-refractivity contribution in [2.75, 3.05) is 6.54 Å². The zero-order valence-electron chi connectivity index (χ0n) is 10.7. The van der Waals surface area contributed by atoms with E-state index in [0.29, 0.717) is 30.6 Å². The smallest absolute Gasteiger partial charge is 0.165 e. The number of hydrogen-bond acceptors (Lipinski definition) is 2. The molecular weight excluding hydrogens is 267 g/mol. The highest BCUT2D eigenvalue weighted by Crippen LogP contribution is 2.16. The van der Waals surface area contributed by atoms with Gasteiger partial charge in [-0.05, 0) is 48.4 Å². The highest BCUT2D eigenvalue weighted by Gasteiger charge is 2.02. The van der Waals surface area contributed by atoms with Gasteiger partial charge in [0.15, 0.2) is 11.6 Å². The first-order valence-corrected chi connectivity index (χ1v) is 6.17. The Morgan fingerprint density at radius 3 is 2.25 bits per heavy atom. The zero-order valence-corrected chi connectivity index (χ0v) is 10.7. The molecule has 0 aliphatic rings. The Morgan fingerprint density at radius 1 is 0.900 bits per heavy atom. The molecule has 2 rings (SSSR count). The molecule has 106 valence electrons. The largest absolute Gasteiger partial charge is 0.505 e. The second-order valence-electron chi connectivity index (χ2n) is 4.49. The van der Waals surface area contributed by atoms with E-state index in [9.17, 15) is 13.2 Å². The quantitative estimate of drug-likeness (QED) is 0.825. The van der Waals surface area contributed by atoms with E-state index >= 15 is 0 Å². The first kappa shape index (κ1) is 14.4. The molecule has 2 N–H and O–H groups in total. The van der Waals surface area contributed by atoms with Crippen molar-refractivity contribution in [3.8, 4) is 5.75 Å². The highest BCUT2D eigenvalue weighted by atomic mass is 19.1. The summed E-state index contributed by atoms with van der Waals surface area (Å²) >= 11 is 0. The van der Waals surface area contributed by atoms with Crippen LogP contribution in [0.15, 0.2) is 36.4 Å². The lowest BCUT2D eigenvalue weighted by atomic mass is 10.1. The summed E-state index contributed by atoms with van der Waals surface area (Å²) in [6, 6.07) is 7.53. The van der Waals surface area contributed by atoms with E-state index in [1.54, 1.807) is 6.07 Å². The van der Waals surface area contributed by atoms with E-state index in [0.717, 1.165) is 6.07 Å². The molecule has 0 aliphatic carbocycles. The van der Waals surface area contributed by atoms with Gasteiger partial charge in [-0.2, -0.15) is 0 Å². The van der Waals surface area contributed by atoms with Gasteiger partial charge in [-0.15, -0.1) is 0 Å². The van der Waals surface area contributed by atoms with Crippen molar-refractivity contribution < 1.29 is 18.3 Å².